The zero-order valence-corrected chi connectivity index (χ0v) is 9.35. The summed E-state index contributed by atoms with van der Waals surface area (Å²) in [7, 11) is 0. The third-order valence-corrected chi connectivity index (χ3v) is 3.54. The summed E-state index contributed by atoms with van der Waals surface area (Å²) in [5.74, 6) is 1.01. The van der Waals surface area contributed by atoms with Gasteiger partial charge in [0.25, 0.3) is 0 Å². The molecule has 0 bridgehead atoms. The maximum absolute atomic E-state index is 5.97. The molecule has 4 rings (SSSR count). The molecule has 2 aliphatic rings. The highest BCUT2D eigenvalue weighted by atomic mass is 16.5. The van der Waals surface area contributed by atoms with Crippen LogP contribution in [-0.2, 0) is 11.2 Å². The van der Waals surface area contributed by atoms with Gasteiger partial charge in [0.15, 0.2) is 6.10 Å². The lowest BCUT2D eigenvalue weighted by atomic mass is 9.94. The molecule has 84 valence electrons. The van der Waals surface area contributed by atoms with E-state index >= 15 is 0 Å². The quantitative estimate of drug-likeness (QED) is 0.684. The lowest BCUT2D eigenvalue weighted by molar-refractivity contribution is 0.154. The van der Waals surface area contributed by atoms with E-state index in [0.717, 1.165) is 12.2 Å². The van der Waals surface area contributed by atoms with E-state index in [1.165, 1.54) is 21.9 Å². The summed E-state index contributed by atoms with van der Waals surface area (Å²) in [5.41, 5.74) is 2.55. The monoisotopic (exact) mass is 224 g/mol. The third kappa shape index (κ3) is 1.27. The highest BCUT2D eigenvalue weighted by Gasteiger charge is 2.29. The summed E-state index contributed by atoms with van der Waals surface area (Å²) in [6.45, 7) is 0.654. The normalized spacial score (nSPS) is 21.2. The van der Waals surface area contributed by atoms with Crippen molar-refractivity contribution in [2.45, 2.75) is 12.5 Å². The van der Waals surface area contributed by atoms with E-state index in [9.17, 15) is 0 Å². The Bertz CT molecular complexity index is 628. The lowest BCUT2D eigenvalue weighted by Crippen LogP contribution is -2.25. The van der Waals surface area contributed by atoms with Gasteiger partial charge < -0.3 is 9.47 Å². The Labute approximate surface area is 99.5 Å². The molecule has 17 heavy (non-hydrogen) atoms. The van der Waals surface area contributed by atoms with Crippen molar-refractivity contribution in [3.05, 3.63) is 53.8 Å². The van der Waals surface area contributed by atoms with Crippen LogP contribution in [0.15, 0.2) is 48.2 Å². The minimum absolute atomic E-state index is 0.128. The third-order valence-electron chi connectivity index (χ3n) is 3.54. The van der Waals surface area contributed by atoms with Crippen molar-refractivity contribution in [1.82, 2.24) is 0 Å². The largest absolute Gasteiger partial charge is 0.497 e. The summed E-state index contributed by atoms with van der Waals surface area (Å²) in [6, 6.07) is 12.6. The Morgan fingerprint density at radius 2 is 2.00 bits per heavy atom. The van der Waals surface area contributed by atoms with Crippen molar-refractivity contribution in [3.8, 4) is 5.75 Å². The van der Waals surface area contributed by atoms with Gasteiger partial charge in [0.2, 0.25) is 0 Å². The molecule has 2 nitrogen and oxygen atoms in total. The first-order valence-electron chi connectivity index (χ1n) is 5.89. The van der Waals surface area contributed by atoms with E-state index < -0.39 is 0 Å². The van der Waals surface area contributed by atoms with E-state index in [2.05, 4.69) is 36.4 Å². The van der Waals surface area contributed by atoms with E-state index in [4.69, 9.17) is 9.47 Å². The molecule has 2 aliphatic heterocycles. The van der Waals surface area contributed by atoms with Crippen LogP contribution in [-0.4, -0.2) is 12.7 Å². The lowest BCUT2D eigenvalue weighted by Gasteiger charge is -2.25. The molecule has 2 aromatic rings. The standard InChI is InChI=1S/C15H12O2/c1-2-4-12-10(3-1)5-6-14-13(12)7-11-8-16-9-15(11)17-14/h1-6,8,15H,7,9H2. The van der Waals surface area contributed by atoms with Crippen LogP contribution in [0.2, 0.25) is 0 Å². The van der Waals surface area contributed by atoms with Gasteiger partial charge in [-0.1, -0.05) is 30.3 Å². The van der Waals surface area contributed by atoms with Gasteiger partial charge in [-0.15, -0.1) is 0 Å². The minimum Gasteiger partial charge on any atom is -0.497 e. The Morgan fingerprint density at radius 1 is 1.06 bits per heavy atom. The van der Waals surface area contributed by atoms with Gasteiger partial charge in [-0.25, -0.2) is 0 Å². The van der Waals surface area contributed by atoms with Crippen LogP contribution in [0, 0.1) is 0 Å². The number of ether oxygens (including phenoxy) is 2. The topological polar surface area (TPSA) is 18.5 Å². The molecule has 0 fully saturated rings. The maximum Gasteiger partial charge on any atom is 0.157 e. The fourth-order valence-corrected chi connectivity index (χ4v) is 2.66. The molecule has 0 saturated carbocycles. The van der Waals surface area contributed by atoms with Gasteiger partial charge in [0.1, 0.15) is 12.4 Å². The van der Waals surface area contributed by atoms with Gasteiger partial charge >= 0.3 is 0 Å². The Balaban J connectivity index is 1.96. The minimum atomic E-state index is 0.128. The molecule has 0 N–H and O–H groups in total. The smallest absolute Gasteiger partial charge is 0.157 e. The fourth-order valence-electron chi connectivity index (χ4n) is 2.66. The van der Waals surface area contributed by atoms with E-state index in [1.54, 1.807) is 0 Å². The van der Waals surface area contributed by atoms with Gasteiger partial charge in [0, 0.05) is 17.6 Å². The highest BCUT2D eigenvalue weighted by Crippen LogP contribution is 2.37. The molecule has 0 spiro atoms. The van der Waals surface area contributed by atoms with Crippen molar-refractivity contribution in [3.63, 3.8) is 0 Å². The first-order chi connectivity index (χ1) is 8.42. The molecule has 0 aromatic heterocycles. The molecular weight excluding hydrogens is 212 g/mol. The Kier molecular flexibility index (Phi) is 1.75. The van der Waals surface area contributed by atoms with Crippen molar-refractivity contribution in [2.75, 3.05) is 6.61 Å². The van der Waals surface area contributed by atoms with Crippen LogP contribution in [0.3, 0.4) is 0 Å². The number of rotatable bonds is 0. The van der Waals surface area contributed by atoms with Crippen molar-refractivity contribution in [2.24, 2.45) is 0 Å². The highest BCUT2D eigenvalue weighted by molar-refractivity contribution is 5.88. The molecule has 0 radical (unpaired) electrons. The summed E-state index contributed by atoms with van der Waals surface area (Å²) < 4.78 is 11.3. The molecule has 0 saturated heterocycles. The second-order valence-electron chi connectivity index (χ2n) is 4.57. The van der Waals surface area contributed by atoms with E-state index in [1.807, 2.05) is 6.26 Å². The van der Waals surface area contributed by atoms with E-state index in [-0.39, 0.29) is 6.10 Å². The second-order valence-corrected chi connectivity index (χ2v) is 4.57. The maximum atomic E-state index is 5.97. The van der Waals surface area contributed by atoms with Crippen LogP contribution in [0.25, 0.3) is 10.8 Å². The molecular formula is C15H12O2. The predicted molar refractivity (Wildman–Crippen MR) is 66.1 cm³/mol. The van der Waals surface area contributed by atoms with E-state index in [0.29, 0.717) is 6.61 Å². The van der Waals surface area contributed by atoms with Crippen molar-refractivity contribution < 1.29 is 9.47 Å². The Morgan fingerprint density at radius 3 is 3.00 bits per heavy atom. The van der Waals surface area contributed by atoms with Crippen LogP contribution in [0.5, 0.6) is 5.75 Å². The number of fused-ring (bicyclic) bond motifs is 4. The molecule has 2 heteroatoms. The molecule has 2 heterocycles. The summed E-state index contributed by atoms with van der Waals surface area (Å²) >= 11 is 0. The average molecular weight is 224 g/mol. The van der Waals surface area contributed by atoms with Crippen molar-refractivity contribution in [1.29, 1.82) is 0 Å². The number of hydrogen-bond acceptors (Lipinski definition) is 2. The first-order valence-corrected chi connectivity index (χ1v) is 5.89. The van der Waals surface area contributed by atoms with Crippen molar-refractivity contribution >= 4 is 10.8 Å². The molecule has 0 aliphatic carbocycles. The average Bonchev–Trinajstić information content (AvgIpc) is 2.83. The van der Waals surface area contributed by atoms with Crippen LogP contribution in [0.4, 0.5) is 0 Å². The zero-order valence-electron chi connectivity index (χ0n) is 9.35. The van der Waals surface area contributed by atoms with Crippen LogP contribution < -0.4 is 4.74 Å². The zero-order chi connectivity index (χ0) is 11.2. The molecule has 1 unspecified atom stereocenters. The predicted octanol–water partition coefficient (Wildman–Crippen LogP) is 3.06. The number of benzene rings is 2. The van der Waals surface area contributed by atoms with Crippen LogP contribution in [0.1, 0.15) is 5.56 Å². The fraction of sp³-hybridized carbons (Fsp3) is 0.200. The van der Waals surface area contributed by atoms with Gasteiger partial charge in [-0.05, 0) is 16.8 Å². The van der Waals surface area contributed by atoms with Gasteiger partial charge in [-0.2, -0.15) is 0 Å². The van der Waals surface area contributed by atoms with Gasteiger partial charge in [-0.3, -0.25) is 0 Å². The SMILES string of the molecule is C1=C2Cc3c(ccc4ccccc34)OC2CO1. The Hall–Kier alpha value is -1.96. The first kappa shape index (κ1) is 9.11. The number of hydrogen-bond donors (Lipinski definition) is 0. The molecule has 2 aromatic carbocycles. The summed E-state index contributed by atoms with van der Waals surface area (Å²) in [4.78, 5) is 0. The van der Waals surface area contributed by atoms with Gasteiger partial charge in [0.05, 0.1) is 6.26 Å². The summed E-state index contributed by atoms with van der Waals surface area (Å²) in [6.07, 6.45) is 2.93. The van der Waals surface area contributed by atoms with Crippen LogP contribution >= 0.6 is 0 Å². The summed E-state index contributed by atoms with van der Waals surface area (Å²) in [5, 5.41) is 2.56. The molecule has 1 atom stereocenters. The molecule has 0 amide bonds. The second kappa shape index (κ2) is 3.27.